The summed E-state index contributed by atoms with van der Waals surface area (Å²) in [5.41, 5.74) is 7.67. The molecular formula is C11H15N. The molecule has 0 unspecified atom stereocenters. The Labute approximate surface area is 73.9 Å². The standard InChI is InChI=1S/C11H15N/c1-9(10(2)12)8-11-6-4-3-5-7-11/h3-7,9H,2,8,12H2,1H3/t9-/m0/s1. The fourth-order valence-electron chi connectivity index (χ4n) is 1.10. The van der Waals surface area contributed by atoms with Gasteiger partial charge in [-0.3, -0.25) is 0 Å². The molecular weight excluding hydrogens is 146 g/mol. The van der Waals surface area contributed by atoms with Crippen LogP contribution < -0.4 is 5.73 Å². The van der Waals surface area contributed by atoms with Gasteiger partial charge in [0, 0.05) is 5.70 Å². The first-order valence-corrected chi connectivity index (χ1v) is 4.18. The van der Waals surface area contributed by atoms with Gasteiger partial charge in [0.05, 0.1) is 0 Å². The molecule has 0 aliphatic carbocycles. The molecule has 1 atom stereocenters. The Hall–Kier alpha value is -1.24. The third-order valence-corrected chi connectivity index (χ3v) is 2.02. The van der Waals surface area contributed by atoms with Gasteiger partial charge in [-0.1, -0.05) is 43.8 Å². The highest BCUT2D eigenvalue weighted by molar-refractivity contribution is 5.16. The molecule has 0 aliphatic rings. The van der Waals surface area contributed by atoms with Gasteiger partial charge in [-0.25, -0.2) is 0 Å². The first-order chi connectivity index (χ1) is 5.70. The number of nitrogens with two attached hydrogens (primary N) is 1. The molecule has 1 nitrogen and oxygen atoms in total. The van der Waals surface area contributed by atoms with E-state index in [2.05, 4.69) is 25.6 Å². The van der Waals surface area contributed by atoms with Crippen molar-refractivity contribution in [2.24, 2.45) is 11.7 Å². The topological polar surface area (TPSA) is 26.0 Å². The quantitative estimate of drug-likeness (QED) is 0.723. The van der Waals surface area contributed by atoms with Crippen LogP contribution in [0.1, 0.15) is 12.5 Å². The number of rotatable bonds is 3. The van der Waals surface area contributed by atoms with Crippen molar-refractivity contribution in [3.8, 4) is 0 Å². The monoisotopic (exact) mass is 161 g/mol. The van der Waals surface area contributed by atoms with Crippen molar-refractivity contribution < 1.29 is 0 Å². The van der Waals surface area contributed by atoms with E-state index in [0.29, 0.717) is 5.92 Å². The molecule has 1 aromatic carbocycles. The summed E-state index contributed by atoms with van der Waals surface area (Å²) in [5, 5.41) is 0. The average molecular weight is 161 g/mol. The number of benzene rings is 1. The summed E-state index contributed by atoms with van der Waals surface area (Å²) in [5.74, 6) is 0.368. The van der Waals surface area contributed by atoms with Gasteiger partial charge in [-0.05, 0) is 17.9 Å². The van der Waals surface area contributed by atoms with Crippen LogP contribution in [0, 0.1) is 5.92 Å². The normalized spacial score (nSPS) is 12.4. The van der Waals surface area contributed by atoms with Gasteiger partial charge in [0.2, 0.25) is 0 Å². The summed E-state index contributed by atoms with van der Waals surface area (Å²) >= 11 is 0. The first-order valence-electron chi connectivity index (χ1n) is 4.18. The molecule has 0 aromatic heterocycles. The molecule has 0 spiro atoms. The molecule has 0 radical (unpaired) electrons. The van der Waals surface area contributed by atoms with Crippen LogP contribution in [0.3, 0.4) is 0 Å². The first kappa shape index (κ1) is 8.85. The fraction of sp³-hybridized carbons (Fsp3) is 0.273. The van der Waals surface area contributed by atoms with Crippen LogP contribution >= 0.6 is 0 Å². The summed E-state index contributed by atoms with van der Waals surface area (Å²) in [6.07, 6.45) is 0.982. The van der Waals surface area contributed by atoms with Gasteiger partial charge in [0.15, 0.2) is 0 Å². The molecule has 64 valence electrons. The molecule has 0 saturated heterocycles. The molecule has 12 heavy (non-hydrogen) atoms. The van der Waals surface area contributed by atoms with Crippen molar-refractivity contribution in [2.75, 3.05) is 0 Å². The van der Waals surface area contributed by atoms with E-state index in [0.717, 1.165) is 12.1 Å². The molecule has 1 aromatic rings. The Morgan fingerprint density at radius 3 is 2.50 bits per heavy atom. The van der Waals surface area contributed by atoms with Gasteiger partial charge in [0.25, 0.3) is 0 Å². The van der Waals surface area contributed by atoms with Crippen LogP contribution in [-0.4, -0.2) is 0 Å². The Kier molecular flexibility index (Phi) is 2.92. The molecule has 1 heteroatoms. The second kappa shape index (κ2) is 3.96. The minimum Gasteiger partial charge on any atom is -0.402 e. The molecule has 0 amide bonds. The average Bonchev–Trinajstić information content (AvgIpc) is 2.06. The predicted octanol–water partition coefficient (Wildman–Crippen LogP) is 2.34. The third kappa shape index (κ3) is 2.42. The SMILES string of the molecule is C=C(N)[C@@H](C)Cc1ccccc1. The third-order valence-electron chi connectivity index (χ3n) is 2.02. The summed E-state index contributed by atoms with van der Waals surface area (Å²) in [6.45, 7) is 5.82. The Morgan fingerprint density at radius 2 is 2.00 bits per heavy atom. The van der Waals surface area contributed by atoms with Crippen LogP contribution in [-0.2, 0) is 6.42 Å². The number of hydrogen-bond acceptors (Lipinski definition) is 1. The van der Waals surface area contributed by atoms with Gasteiger partial charge >= 0.3 is 0 Å². The summed E-state index contributed by atoms with van der Waals surface area (Å²) < 4.78 is 0. The smallest absolute Gasteiger partial charge is 0.00395 e. The van der Waals surface area contributed by atoms with E-state index >= 15 is 0 Å². The van der Waals surface area contributed by atoms with E-state index in [1.54, 1.807) is 0 Å². The van der Waals surface area contributed by atoms with E-state index in [1.807, 2.05) is 18.2 Å². The van der Waals surface area contributed by atoms with Crippen LogP contribution in [0.25, 0.3) is 0 Å². The maximum absolute atomic E-state index is 5.59. The minimum atomic E-state index is 0.368. The molecule has 0 heterocycles. The molecule has 0 bridgehead atoms. The number of allylic oxidation sites excluding steroid dienone is 1. The largest absolute Gasteiger partial charge is 0.402 e. The van der Waals surface area contributed by atoms with Crippen LogP contribution in [0.2, 0.25) is 0 Å². The fourth-order valence-corrected chi connectivity index (χ4v) is 1.10. The predicted molar refractivity (Wildman–Crippen MR) is 52.6 cm³/mol. The van der Waals surface area contributed by atoms with E-state index in [-0.39, 0.29) is 0 Å². The maximum Gasteiger partial charge on any atom is 0.00395 e. The van der Waals surface area contributed by atoms with Gasteiger partial charge < -0.3 is 5.73 Å². The zero-order valence-corrected chi connectivity index (χ0v) is 7.46. The van der Waals surface area contributed by atoms with Crippen molar-refractivity contribution in [2.45, 2.75) is 13.3 Å². The van der Waals surface area contributed by atoms with Crippen molar-refractivity contribution in [3.63, 3.8) is 0 Å². The van der Waals surface area contributed by atoms with Crippen molar-refractivity contribution in [3.05, 3.63) is 48.2 Å². The van der Waals surface area contributed by atoms with E-state index in [4.69, 9.17) is 5.73 Å². The van der Waals surface area contributed by atoms with Crippen LogP contribution in [0.15, 0.2) is 42.6 Å². The van der Waals surface area contributed by atoms with Crippen molar-refractivity contribution in [1.82, 2.24) is 0 Å². The Morgan fingerprint density at radius 1 is 1.42 bits per heavy atom. The van der Waals surface area contributed by atoms with Crippen LogP contribution in [0.5, 0.6) is 0 Å². The van der Waals surface area contributed by atoms with Crippen LogP contribution in [0.4, 0.5) is 0 Å². The highest BCUT2D eigenvalue weighted by Gasteiger charge is 2.03. The lowest BCUT2D eigenvalue weighted by Crippen LogP contribution is -2.09. The summed E-state index contributed by atoms with van der Waals surface area (Å²) in [6, 6.07) is 10.3. The van der Waals surface area contributed by atoms with E-state index in [1.165, 1.54) is 5.56 Å². The molecule has 0 saturated carbocycles. The summed E-state index contributed by atoms with van der Waals surface area (Å²) in [7, 11) is 0. The van der Waals surface area contributed by atoms with Gasteiger partial charge in [-0.15, -0.1) is 0 Å². The lowest BCUT2D eigenvalue weighted by Gasteiger charge is -2.09. The lowest BCUT2D eigenvalue weighted by atomic mass is 9.99. The Bertz CT molecular complexity index is 251. The highest BCUT2D eigenvalue weighted by atomic mass is 14.6. The minimum absolute atomic E-state index is 0.368. The van der Waals surface area contributed by atoms with E-state index < -0.39 is 0 Å². The number of hydrogen-bond donors (Lipinski definition) is 1. The molecule has 1 rings (SSSR count). The second-order valence-electron chi connectivity index (χ2n) is 3.17. The molecule has 0 aliphatic heterocycles. The maximum atomic E-state index is 5.59. The van der Waals surface area contributed by atoms with Crippen molar-refractivity contribution in [1.29, 1.82) is 0 Å². The zero-order chi connectivity index (χ0) is 8.97. The Balaban J connectivity index is 2.58. The molecule has 0 fully saturated rings. The molecule has 2 N–H and O–H groups in total. The van der Waals surface area contributed by atoms with Gasteiger partial charge in [0.1, 0.15) is 0 Å². The van der Waals surface area contributed by atoms with Crippen molar-refractivity contribution >= 4 is 0 Å². The van der Waals surface area contributed by atoms with Gasteiger partial charge in [-0.2, -0.15) is 0 Å². The zero-order valence-electron chi connectivity index (χ0n) is 7.46. The highest BCUT2D eigenvalue weighted by Crippen LogP contribution is 2.11. The lowest BCUT2D eigenvalue weighted by molar-refractivity contribution is 0.672. The summed E-state index contributed by atoms with van der Waals surface area (Å²) in [4.78, 5) is 0. The second-order valence-corrected chi connectivity index (χ2v) is 3.17. The van der Waals surface area contributed by atoms with E-state index in [9.17, 15) is 0 Å².